The van der Waals surface area contributed by atoms with Crippen molar-refractivity contribution in [2.45, 2.75) is 65.5 Å². The van der Waals surface area contributed by atoms with E-state index in [1.165, 1.54) is 5.69 Å². The molecule has 1 saturated heterocycles. The fourth-order valence-corrected chi connectivity index (χ4v) is 5.21. The van der Waals surface area contributed by atoms with E-state index in [9.17, 15) is 4.79 Å². The summed E-state index contributed by atoms with van der Waals surface area (Å²) in [5.74, 6) is 0.974. The van der Waals surface area contributed by atoms with Crippen molar-refractivity contribution in [2.75, 3.05) is 18.0 Å². The number of hydrogen-bond donors (Lipinski definition) is 0. The predicted octanol–water partition coefficient (Wildman–Crippen LogP) is 5.96. The van der Waals surface area contributed by atoms with Crippen molar-refractivity contribution in [2.24, 2.45) is 5.92 Å². The second kappa shape index (κ2) is 12.0. The number of carbonyl (C=O) groups excluding carboxylic acids is 1. The summed E-state index contributed by atoms with van der Waals surface area (Å²) in [5.41, 5.74) is 5.55. The topological polar surface area (TPSA) is 86.0 Å². The van der Waals surface area contributed by atoms with E-state index in [-0.39, 0.29) is 5.97 Å². The van der Waals surface area contributed by atoms with Crippen LogP contribution in [0.1, 0.15) is 58.3 Å². The van der Waals surface area contributed by atoms with Crippen LogP contribution in [-0.4, -0.2) is 49.4 Å². The van der Waals surface area contributed by atoms with Crippen LogP contribution in [0.3, 0.4) is 0 Å². The Balaban J connectivity index is 1.27. The molecule has 0 bridgehead atoms. The first kappa shape index (κ1) is 27.5. The first-order valence-electron chi connectivity index (χ1n) is 14.1. The molecular weight excluding hydrogens is 500 g/mol. The molecule has 3 aromatic heterocycles. The standard InChI is InChI=1S/C32H38N6O2/c1-5-38-22-27(31(36-38)25-9-6-15-33-20-25)28-14-16-34-29(35-28)18-23-10-12-26(13-11-23)37-17-7-8-24(21-37)19-30(39)40-32(2,3)4/h6,9-16,20,22,24H,5,7-8,17-19,21H2,1-4H3/t24-/m1/s1. The average Bonchev–Trinajstić information content (AvgIpc) is 3.38. The minimum atomic E-state index is -0.441. The number of rotatable bonds is 8. The number of hydrogen-bond acceptors (Lipinski definition) is 7. The van der Waals surface area contributed by atoms with Crippen LogP contribution in [0.4, 0.5) is 5.69 Å². The number of anilines is 1. The van der Waals surface area contributed by atoms with Gasteiger partial charge in [-0.1, -0.05) is 12.1 Å². The van der Waals surface area contributed by atoms with Gasteiger partial charge in [0.25, 0.3) is 0 Å². The van der Waals surface area contributed by atoms with E-state index in [1.54, 1.807) is 6.20 Å². The van der Waals surface area contributed by atoms with Crippen molar-refractivity contribution in [3.05, 3.63) is 78.6 Å². The van der Waals surface area contributed by atoms with Gasteiger partial charge in [-0.25, -0.2) is 9.97 Å². The van der Waals surface area contributed by atoms with Gasteiger partial charge in [0, 0.05) is 67.7 Å². The number of aromatic nitrogens is 5. The lowest BCUT2D eigenvalue weighted by Crippen LogP contribution is -2.37. The van der Waals surface area contributed by atoms with Crippen LogP contribution in [0.25, 0.3) is 22.5 Å². The highest BCUT2D eigenvalue weighted by atomic mass is 16.6. The molecule has 0 unspecified atom stereocenters. The monoisotopic (exact) mass is 538 g/mol. The molecule has 1 aromatic carbocycles. The number of nitrogens with zero attached hydrogens (tertiary/aromatic N) is 6. The molecular formula is C32H38N6O2. The Bertz CT molecular complexity index is 1430. The van der Waals surface area contributed by atoms with Gasteiger partial charge in [0.1, 0.15) is 17.1 Å². The minimum absolute atomic E-state index is 0.105. The fourth-order valence-electron chi connectivity index (χ4n) is 5.21. The average molecular weight is 539 g/mol. The van der Waals surface area contributed by atoms with E-state index in [0.29, 0.717) is 18.8 Å². The van der Waals surface area contributed by atoms with Gasteiger partial charge in [-0.05, 0) is 82.3 Å². The van der Waals surface area contributed by atoms with E-state index < -0.39 is 5.60 Å². The Labute approximate surface area is 236 Å². The van der Waals surface area contributed by atoms with Crippen molar-refractivity contribution < 1.29 is 9.53 Å². The molecule has 208 valence electrons. The number of benzene rings is 1. The second-order valence-corrected chi connectivity index (χ2v) is 11.4. The molecule has 4 heterocycles. The van der Waals surface area contributed by atoms with Gasteiger partial charge in [-0.15, -0.1) is 0 Å². The molecule has 0 spiro atoms. The van der Waals surface area contributed by atoms with E-state index in [4.69, 9.17) is 14.8 Å². The number of aryl methyl sites for hydroxylation is 1. The third-order valence-corrected chi connectivity index (χ3v) is 7.06. The number of pyridine rings is 1. The van der Waals surface area contributed by atoms with Crippen molar-refractivity contribution in [3.63, 3.8) is 0 Å². The van der Waals surface area contributed by atoms with Gasteiger partial charge >= 0.3 is 5.97 Å². The van der Waals surface area contributed by atoms with E-state index in [2.05, 4.69) is 46.1 Å². The summed E-state index contributed by atoms with van der Waals surface area (Å²) in [7, 11) is 0. The molecule has 8 heteroatoms. The van der Waals surface area contributed by atoms with Crippen LogP contribution in [0, 0.1) is 5.92 Å². The maximum atomic E-state index is 12.4. The smallest absolute Gasteiger partial charge is 0.306 e. The van der Waals surface area contributed by atoms with E-state index in [0.717, 1.165) is 66.4 Å². The Morgan fingerprint density at radius 3 is 2.65 bits per heavy atom. The Hall–Kier alpha value is -4.07. The summed E-state index contributed by atoms with van der Waals surface area (Å²) in [6, 6.07) is 14.5. The molecule has 0 aliphatic carbocycles. The maximum absolute atomic E-state index is 12.4. The molecule has 0 amide bonds. The molecule has 1 atom stereocenters. The molecule has 40 heavy (non-hydrogen) atoms. The van der Waals surface area contributed by atoms with Crippen LogP contribution in [0.2, 0.25) is 0 Å². The molecule has 0 radical (unpaired) electrons. The van der Waals surface area contributed by atoms with Crippen molar-refractivity contribution in [1.82, 2.24) is 24.7 Å². The van der Waals surface area contributed by atoms with Gasteiger partial charge in [-0.2, -0.15) is 5.10 Å². The highest BCUT2D eigenvalue weighted by Gasteiger charge is 2.25. The number of esters is 1. The molecule has 4 aromatic rings. The van der Waals surface area contributed by atoms with Gasteiger partial charge in [-0.3, -0.25) is 14.5 Å². The van der Waals surface area contributed by atoms with E-state index in [1.807, 2.05) is 62.2 Å². The first-order valence-corrected chi connectivity index (χ1v) is 14.1. The Kier molecular flexibility index (Phi) is 8.24. The highest BCUT2D eigenvalue weighted by molar-refractivity contribution is 5.78. The summed E-state index contributed by atoms with van der Waals surface area (Å²) >= 11 is 0. The summed E-state index contributed by atoms with van der Waals surface area (Å²) in [6.07, 6.45) is 10.7. The summed E-state index contributed by atoms with van der Waals surface area (Å²) in [4.78, 5) is 28.5. The maximum Gasteiger partial charge on any atom is 0.306 e. The van der Waals surface area contributed by atoms with Crippen LogP contribution in [-0.2, 0) is 22.5 Å². The Morgan fingerprint density at radius 2 is 1.93 bits per heavy atom. The quantitative estimate of drug-likeness (QED) is 0.256. The van der Waals surface area contributed by atoms with E-state index >= 15 is 0 Å². The van der Waals surface area contributed by atoms with Crippen LogP contribution in [0.5, 0.6) is 0 Å². The van der Waals surface area contributed by atoms with Gasteiger partial charge < -0.3 is 9.64 Å². The summed E-state index contributed by atoms with van der Waals surface area (Å²) in [5, 5.41) is 4.77. The van der Waals surface area contributed by atoms with Crippen molar-refractivity contribution >= 4 is 11.7 Å². The number of carbonyl (C=O) groups is 1. The zero-order valence-electron chi connectivity index (χ0n) is 23.9. The van der Waals surface area contributed by atoms with Crippen molar-refractivity contribution in [3.8, 4) is 22.5 Å². The SMILES string of the molecule is CCn1cc(-c2ccnc(Cc3ccc(N4CCC[C@H](CC(=O)OC(C)(C)C)C4)cc3)n2)c(-c2cccnc2)n1. The van der Waals surface area contributed by atoms with Crippen LogP contribution in [0.15, 0.2) is 67.3 Å². The van der Waals surface area contributed by atoms with Crippen molar-refractivity contribution in [1.29, 1.82) is 0 Å². The summed E-state index contributed by atoms with van der Waals surface area (Å²) in [6.45, 7) is 10.5. The number of piperidine rings is 1. The fraction of sp³-hybridized carbons (Fsp3) is 0.406. The zero-order chi connectivity index (χ0) is 28.1. The zero-order valence-corrected chi connectivity index (χ0v) is 23.9. The molecule has 5 rings (SSSR count). The lowest BCUT2D eigenvalue weighted by atomic mass is 9.94. The third-order valence-electron chi connectivity index (χ3n) is 7.06. The summed E-state index contributed by atoms with van der Waals surface area (Å²) < 4.78 is 7.48. The van der Waals surface area contributed by atoms with Gasteiger partial charge in [0.05, 0.1) is 12.1 Å². The molecule has 0 saturated carbocycles. The first-order chi connectivity index (χ1) is 19.3. The normalized spacial score (nSPS) is 15.7. The molecule has 1 aliphatic rings. The largest absolute Gasteiger partial charge is 0.460 e. The van der Waals surface area contributed by atoms with Gasteiger partial charge in [0.2, 0.25) is 0 Å². The molecule has 0 N–H and O–H groups in total. The third kappa shape index (κ3) is 6.92. The lowest BCUT2D eigenvalue weighted by Gasteiger charge is -2.34. The highest BCUT2D eigenvalue weighted by Crippen LogP contribution is 2.30. The lowest BCUT2D eigenvalue weighted by molar-refractivity contribution is -0.156. The minimum Gasteiger partial charge on any atom is -0.460 e. The predicted molar refractivity (Wildman–Crippen MR) is 157 cm³/mol. The Morgan fingerprint density at radius 1 is 1.10 bits per heavy atom. The molecule has 1 fully saturated rings. The van der Waals surface area contributed by atoms with Crippen LogP contribution < -0.4 is 4.90 Å². The van der Waals surface area contributed by atoms with Crippen LogP contribution >= 0.6 is 0 Å². The molecule has 8 nitrogen and oxygen atoms in total. The van der Waals surface area contributed by atoms with Gasteiger partial charge in [0.15, 0.2) is 0 Å². The number of ether oxygens (including phenoxy) is 1. The molecule has 1 aliphatic heterocycles. The second-order valence-electron chi connectivity index (χ2n) is 11.4.